The summed E-state index contributed by atoms with van der Waals surface area (Å²) < 4.78 is 24.1. The van der Waals surface area contributed by atoms with Crippen molar-refractivity contribution in [3.8, 4) is 0 Å². The van der Waals surface area contributed by atoms with Gasteiger partial charge in [-0.3, -0.25) is 10.2 Å². The molecule has 8 heteroatoms. The Morgan fingerprint density at radius 1 is 1.41 bits per heavy atom. The van der Waals surface area contributed by atoms with Gasteiger partial charge in [0.2, 0.25) is 0 Å². The Morgan fingerprint density at radius 3 is 2.53 bits per heavy atom. The molecule has 0 aliphatic heterocycles. The van der Waals surface area contributed by atoms with Crippen molar-refractivity contribution < 1.29 is 13.2 Å². The van der Waals surface area contributed by atoms with E-state index in [9.17, 15) is 13.2 Å². The highest BCUT2D eigenvalue weighted by Crippen LogP contribution is 2.27. The van der Waals surface area contributed by atoms with E-state index < -0.39 is 21.0 Å². The number of sulfone groups is 1. The van der Waals surface area contributed by atoms with Crippen LogP contribution in [0.2, 0.25) is 10.0 Å². The number of carbonyl (C=O) groups is 1. The normalized spacial score (nSPS) is 13.2. The van der Waals surface area contributed by atoms with E-state index in [1.54, 1.807) is 5.43 Å². The molecule has 3 N–H and O–H groups in total. The Balaban J connectivity index is 3.31. The second kappa shape index (κ2) is 5.22. The number of hydrazine groups is 1. The van der Waals surface area contributed by atoms with Crippen molar-refractivity contribution in [1.82, 2.24) is 5.43 Å². The standard InChI is InChI=1S/C9H10Cl2N2O3S/c1-5(9(14)13-12)17(15,16)8-4-6(10)2-3-7(8)11/h2-5H,12H2,1H3,(H,13,14)/t5-/m0/s1. The van der Waals surface area contributed by atoms with Gasteiger partial charge >= 0.3 is 0 Å². The molecule has 1 amide bonds. The Labute approximate surface area is 109 Å². The Morgan fingerprint density at radius 2 is 2.00 bits per heavy atom. The smallest absolute Gasteiger partial charge is 0.252 e. The first-order valence-electron chi connectivity index (χ1n) is 4.50. The van der Waals surface area contributed by atoms with Gasteiger partial charge in [0, 0.05) is 5.02 Å². The minimum atomic E-state index is -3.91. The van der Waals surface area contributed by atoms with E-state index in [4.69, 9.17) is 29.0 Å². The van der Waals surface area contributed by atoms with Crippen LogP contribution in [0.5, 0.6) is 0 Å². The fraction of sp³-hybridized carbons (Fsp3) is 0.222. The Bertz CT molecular complexity index is 545. The van der Waals surface area contributed by atoms with Crippen molar-refractivity contribution in [1.29, 1.82) is 0 Å². The molecule has 0 aliphatic rings. The van der Waals surface area contributed by atoms with Crippen molar-refractivity contribution in [2.75, 3.05) is 0 Å². The zero-order valence-corrected chi connectivity index (χ0v) is 11.1. The molecule has 0 saturated carbocycles. The van der Waals surface area contributed by atoms with Crippen LogP contribution in [0.3, 0.4) is 0 Å². The van der Waals surface area contributed by atoms with Crippen molar-refractivity contribution in [2.45, 2.75) is 17.1 Å². The number of nitrogens with one attached hydrogen (secondary N) is 1. The molecule has 0 saturated heterocycles. The van der Waals surface area contributed by atoms with Crippen LogP contribution in [0.1, 0.15) is 6.92 Å². The van der Waals surface area contributed by atoms with Crippen LogP contribution in [0.25, 0.3) is 0 Å². The van der Waals surface area contributed by atoms with Crippen molar-refractivity contribution in [3.05, 3.63) is 28.2 Å². The predicted molar refractivity (Wildman–Crippen MR) is 65.4 cm³/mol. The first-order chi connectivity index (χ1) is 7.80. The van der Waals surface area contributed by atoms with E-state index in [1.165, 1.54) is 25.1 Å². The third-order valence-electron chi connectivity index (χ3n) is 2.18. The number of carbonyl (C=O) groups excluding carboxylic acids is 1. The molecule has 0 radical (unpaired) electrons. The number of hydrogen-bond acceptors (Lipinski definition) is 4. The lowest BCUT2D eigenvalue weighted by molar-refractivity contribution is -0.120. The maximum Gasteiger partial charge on any atom is 0.252 e. The summed E-state index contributed by atoms with van der Waals surface area (Å²) in [5.74, 6) is 4.07. The number of nitrogens with two attached hydrogens (primary N) is 1. The highest BCUT2D eigenvalue weighted by atomic mass is 35.5. The number of rotatable bonds is 3. The van der Waals surface area contributed by atoms with Gasteiger partial charge in [0.1, 0.15) is 5.25 Å². The third kappa shape index (κ3) is 2.90. The topological polar surface area (TPSA) is 89.3 Å². The lowest BCUT2D eigenvalue weighted by atomic mass is 10.4. The zero-order chi connectivity index (χ0) is 13.2. The summed E-state index contributed by atoms with van der Waals surface area (Å²) in [6, 6.07) is 4.00. The van der Waals surface area contributed by atoms with E-state index in [1.807, 2.05) is 0 Å². The number of halogens is 2. The van der Waals surface area contributed by atoms with Gasteiger partial charge in [-0.05, 0) is 25.1 Å². The van der Waals surface area contributed by atoms with Gasteiger partial charge in [-0.1, -0.05) is 23.2 Å². The van der Waals surface area contributed by atoms with Gasteiger partial charge in [-0.15, -0.1) is 0 Å². The van der Waals surface area contributed by atoms with Crippen molar-refractivity contribution in [3.63, 3.8) is 0 Å². The summed E-state index contributed by atoms with van der Waals surface area (Å²) in [5.41, 5.74) is 1.78. The molecule has 0 bridgehead atoms. The summed E-state index contributed by atoms with van der Waals surface area (Å²) >= 11 is 11.5. The highest BCUT2D eigenvalue weighted by molar-refractivity contribution is 7.92. The summed E-state index contributed by atoms with van der Waals surface area (Å²) in [6.45, 7) is 1.22. The van der Waals surface area contributed by atoms with Gasteiger partial charge in [0.15, 0.2) is 9.84 Å². The van der Waals surface area contributed by atoms with E-state index in [0.717, 1.165) is 0 Å². The molecule has 5 nitrogen and oxygen atoms in total. The SMILES string of the molecule is C[C@@H](C(=O)NN)S(=O)(=O)c1cc(Cl)ccc1Cl. The molecule has 0 heterocycles. The first-order valence-corrected chi connectivity index (χ1v) is 6.80. The van der Waals surface area contributed by atoms with Gasteiger partial charge < -0.3 is 0 Å². The third-order valence-corrected chi connectivity index (χ3v) is 4.95. The van der Waals surface area contributed by atoms with E-state index in [0.29, 0.717) is 0 Å². The molecular formula is C9H10Cl2N2O3S. The summed E-state index contributed by atoms with van der Waals surface area (Å²) in [6.07, 6.45) is 0. The second-order valence-electron chi connectivity index (χ2n) is 3.27. The van der Waals surface area contributed by atoms with Crippen LogP contribution in [0.15, 0.2) is 23.1 Å². The van der Waals surface area contributed by atoms with Crippen LogP contribution in [0, 0.1) is 0 Å². The molecule has 0 unspecified atom stereocenters. The van der Waals surface area contributed by atoms with Gasteiger partial charge in [0.25, 0.3) is 5.91 Å². The lowest BCUT2D eigenvalue weighted by Gasteiger charge is -2.12. The average molecular weight is 297 g/mol. The van der Waals surface area contributed by atoms with Crippen LogP contribution in [0.4, 0.5) is 0 Å². The fourth-order valence-electron chi connectivity index (χ4n) is 1.14. The van der Waals surface area contributed by atoms with Crippen LogP contribution in [-0.4, -0.2) is 19.6 Å². The predicted octanol–water partition coefficient (Wildman–Crippen LogP) is 1.15. The average Bonchev–Trinajstić information content (AvgIpc) is 2.30. The molecule has 0 spiro atoms. The van der Waals surface area contributed by atoms with E-state index in [-0.39, 0.29) is 14.9 Å². The molecule has 1 aromatic rings. The maximum absolute atomic E-state index is 12.0. The first kappa shape index (κ1) is 14.2. The molecule has 0 fully saturated rings. The Hall–Kier alpha value is -0.820. The molecule has 94 valence electrons. The quantitative estimate of drug-likeness (QED) is 0.497. The number of benzene rings is 1. The number of hydrogen-bond donors (Lipinski definition) is 2. The maximum atomic E-state index is 12.0. The molecule has 1 atom stereocenters. The molecule has 17 heavy (non-hydrogen) atoms. The zero-order valence-electron chi connectivity index (χ0n) is 8.78. The van der Waals surface area contributed by atoms with Crippen molar-refractivity contribution >= 4 is 38.9 Å². The molecule has 1 rings (SSSR count). The van der Waals surface area contributed by atoms with Gasteiger partial charge in [-0.25, -0.2) is 14.3 Å². The summed E-state index contributed by atoms with van der Waals surface area (Å²) in [5, 5.41) is -1.12. The van der Waals surface area contributed by atoms with Crippen LogP contribution >= 0.6 is 23.2 Å². The second-order valence-corrected chi connectivity index (χ2v) is 6.35. The van der Waals surface area contributed by atoms with Gasteiger partial charge in [-0.2, -0.15) is 0 Å². The lowest BCUT2D eigenvalue weighted by Crippen LogP contribution is -2.41. The monoisotopic (exact) mass is 296 g/mol. The minimum Gasteiger partial charge on any atom is -0.293 e. The van der Waals surface area contributed by atoms with E-state index >= 15 is 0 Å². The largest absolute Gasteiger partial charge is 0.293 e. The van der Waals surface area contributed by atoms with Gasteiger partial charge in [0.05, 0.1) is 9.92 Å². The molecular weight excluding hydrogens is 287 g/mol. The van der Waals surface area contributed by atoms with Crippen molar-refractivity contribution in [2.24, 2.45) is 5.84 Å². The fourth-order valence-corrected chi connectivity index (χ4v) is 3.18. The molecule has 1 aromatic carbocycles. The minimum absolute atomic E-state index is 0.00562. The molecule has 0 aromatic heterocycles. The highest BCUT2D eigenvalue weighted by Gasteiger charge is 2.31. The van der Waals surface area contributed by atoms with E-state index in [2.05, 4.69) is 0 Å². The summed E-state index contributed by atoms with van der Waals surface area (Å²) in [4.78, 5) is 11.0. The summed E-state index contributed by atoms with van der Waals surface area (Å²) in [7, 11) is -3.91. The number of amides is 1. The van der Waals surface area contributed by atoms with Crippen LogP contribution < -0.4 is 11.3 Å². The molecule has 0 aliphatic carbocycles. The van der Waals surface area contributed by atoms with Crippen LogP contribution in [-0.2, 0) is 14.6 Å². The Kier molecular flexibility index (Phi) is 4.37.